The maximum Gasteiger partial charge on any atom is 0.210 e. The number of rotatable bonds is 2. The fourth-order valence-electron chi connectivity index (χ4n) is 2.34. The van der Waals surface area contributed by atoms with Crippen LogP contribution in [0.1, 0.15) is 15.9 Å². The van der Waals surface area contributed by atoms with Gasteiger partial charge >= 0.3 is 0 Å². The van der Waals surface area contributed by atoms with Crippen molar-refractivity contribution in [1.29, 1.82) is 0 Å². The van der Waals surface area contributed by atoms with E-state index in [2.05, 4.69) is 6.58 Å². The molecule has 0 bridgehead atoms. The van der Waals surface area contributed by atoms with Crippen molar-refractivity contribution in [3.05, 3.63) is 71.9 Å². The van der Waals surface area contributed by atoms with Crippen molar-refractivity contribution in [3.8, 4) is 5.75 Å². The fourth-order valence-corrected chi connectivity index (χ4v) is 2.34. The zero-order valence-corrected chi connectivity index (χ0v) is 10.3. The van der Waals surface area contributed by atoms with Crippen molar-refractivity contribution in [1.82, 2.24) is 0 Å². The highest BCUT2D eigenvalue weighted by Gasteiger charge is 2.30. The molecule has 0 saturated heterocycles. The highest BCUT2D eigenvalue weighted by atomic mass is 16.3. The third kappa shape index (κ3) is 1.89. The first-order chi connectivity index (χ1) is 9.16. The standard InChI is InChI=1S/C16H13NO2/c1-11-16(19)14-7-2-3-8-15(14)17(11)10-12-5-4-6-13(18)9-12/h2-9,18H,1,10H2. The number of hydrogen-bond donors (Lipinski definition) is 1. The van der Waals surface area contributed by atoms with E-state index in [9.17, 15) is 9.90 Å². The molecular weight excluding hydrogens is 238 g/mol. The molecule has 1 N–H and O–H groups in total. The maximum atomic E-state index is 12.1. The molecule has 2 aromatic carbocycles. The molecule has 0 spiro atoms. The van der Waals surface area contributed by atoms with Crippen LogP contribution in [-0.2, 0) is 6.54 Å². The molecule has 0 radical (unpaired) electrons. The summed E-state index contributed by atoms with van der Waals surface area (Å²) in [5.41, 5.74) is 2.98. The number of benzene rings is 2. The number of carbonyl (C=O) groups excluding carboxylic acids is 1. The molecule has 3 rings (SSSR count). The van der Waals surface area contributed by atoms with Crippen LogP contribution in [0.15, 0.2) is 60.8 Å². The molecule has 0 aromatic heterocycles. The van der Waals surface area contributed by atoms with E-state index in [1.54, 1.807) is 18.2 Å². The molecule has 0 amide bonds. The van der Waals surface area contributed by atoms with Gasteiger partial charge in [-0.2, -0.15) is 0 Å². The van der Waals surface area contributed by atoms with Gasteiger partial charge in [0.05, 0.1) is 11.4 Å². The molecular formula is C16H13NO2. The Bertz CT molecular complexity index is 676. The van der Waals surface area contributed by atoms with Crippen LogP contribution >= 0.6 is 0 Å². The Morgan fingerprint density at radius 1 is 1.11 bits per heavy atom. The van der Waals surface area contributed by atoms with Gasteiger partial charge in [0.25, 0.3) is 0 Å². The van der Waals surface area contributed by atoms with Crippen LogP contribution in [0.5, 0.6) is 5.75 Å². The van der Waals surface area contributed by atoms with Crippen LogP contribution in [0.25, 0.3) is 0 Å². The van der Waals surface area contributed by atoms with Crippen molar-refractivity contribution in [2.75, 3.05) is 4.90 Å². The second kappa shape index (κ2) is 4.28. The van der Waals surface area contributed by atoms with Gasteiger partial charge in [-0.3, -0.25) is 4.79 Å². The number of anilines is 1. The maximum absolute atomic E-state index is 12.1. The van der Waals surface area contributed by atoms with E-state index in [-0.39, 0.29) is 11.5 Å². The summed E-state index contributed by atoms with van der Waals surface area (Å²) in [5.74, 6) is 0.192. The number of para-hydroxylation sites is 1. The van der Waals surface area contributed by atoms with Crippen LogP contribution in [0.2, 0.25) is 0 Å². The number of Topliss-reactive ketones (excluding diaryl/α,β-unsaturated/α-hetero) is 1. The van der Waals surface area contributed by atoms with Gasteiger partial charge in [-0.25, -0.2) is 0 Å². The number of fused-ring (bicyclic) bond motifs is 1. The molecule has 0 saturated carbocycles. The molecule has 1 aliphatic heterocycles. The number of ketones is 1. The van der Waals surface area contributed by atoms with Crippen molar-refractivity contribution < 1.29 is 9.90 Å². The van der Waals surface area contributed by atoms with E-state index < -0.39 is 0 Å². The molecule has 3 heteroatoms. The molecule has 0 fully saturated rings. The van der Waals surface area contributed by atoms with Gasteiger partial charge < -0.3 is 10.0 Å². The predicted molar refractivity (Wildman–Crippen MR) is 74.2 cm³/mol. The average molecular weight is 251 g/mol. The van der Waals surface area contributed by atoms with Gasteiger partial charge in [-0.15, -0.1) is 0 Å². The molecule has 2 aromatic rings. The minimum Gasteiger partial charge on any atom is -0.508 e. The lowest BCUT2D eigenvalue weighted by molar-refractivity contribution is 0.103. The summed E-state index contributed by atoms with van der Waals surface area (Å²) in [7, 11) is 0. The number of allylic oxidation sites excluding steroid dienone is 1. The summed E-state index contributed by atoms with van der Waals surface area (Å²) < 4.78 is 0. The Balaban J connectivity index is 1.98. The first kappa shape index (κ1) is 11.5. The number of phenols is 1. The van der Waals surface area contributed by atoms with E-state index in [0.29, 0.717) is 17.8 Å². The van der Waals surface area contributed by atoms with Gasteiger partial charge in [0.1, 0.15) is 5.75 Å². The highest BCUT2D eigenvalue weighted by molar-refractivity contribution is 6.18. The Hall–Kier alpha value is -2.55. The lowest BCUT2D eigenvalue weighted by atomic mass is 10.1. The molecule has 3 nitrogen and oxygen atoms in total. The summed E-state index contributed by atoms with van der Waals surface area (Å²) in [5, 5.41) is 9.49. The van der Waals surface area contributed by atoms with Crippen molar-refractivity contribution >= 4 is 11.5 Å². The molecule has 19 heavy (non-hydrogen) atoms. The van der Waals surface area contributed by atoms with E-state index >= 15 is 0 Å². The molecule has 0 atom stereocenters. The largest absolute Gasteiger partial charge is 0.508 e. The predicted octanol–water partition coefficient (Wildman–Crippen LogP) is 3.11. The van der Waals surface area contributed by atoms with Crippen molar-refractivity contribution in [2.45, 2.75) is 6.54 Å². The smallest absolute Gasteiger partial charge is 0.210 e. The summed E-state index contributed by atoms with van der Waals surface area (Å²) in [6.45, 7) is 4.39. The molecule has 0 unspecified atom stereocenters. The normalized spacial score (nSPS) is 13.8. The Morgan fingerprint density at radius 2 is 1.89 bits per heavy atom. The quantitative estimate of drug-likeness (QED) is 0.834. The van der Waals surface area contributed by atoms with Gasteiger partial charge in [0.2, 0.25) is 5.78 Å². The number of aromatic hydroxyl groups is 1. The average Bonchev–Trinajstić information content (AvgIpc) is 2.65. The third-order valence-electron chi connectivity index (χ3n) is 3.28. The first-order valence-electron chi connectivity index (χ1n) is 6.05. The summed E-state index contributed by atoms with van der Waals surface area (Å²) >= 11 is 0. The zero-order chi connectivity index (χ0) is 13.4. The number of nitrogens with zero attached hydrogens (tertiary/aromatic N) is 1. The summed E-state index contributed by atoms with van der Waals surface area (Å²) in [4.78, 5) is 14.0. The van der Waals surface area contributed by atoms with E-state index in [1.165, 1.54) is 0 Å². The summed E-state index contributed by atoms with van der Waals surface area (Å²) in [6, 6.07) is 14.5. The first-order valence-corrected chi connectivity index (χ1v) is 6.05. The number of hydrogen-bond acceptors (Lipinski definition) is 3. The lowest BCUT2D eigenvalue weighted by Gasteiger charge is -2.19. The zero-order valence-electron chi connectivity index (χ0n) is 10.3. The minimum absolute atomic E-state index is 0.0317. The molecule has 94 valence electrons. The number of carbonyl (C=O) groups is 1. The third-order valence-corrected chi connectivity index (χ3v) is 3.28. The lowest BCUT2D eigenvalue weighted by Crippen LogP contribution is -2.18. The van der Waals surface area contributed by atoms with E-state index in [0.717, 1.165) is 11.3 Å². The molecule has 0 aliphatic carbocycles. The Labute approximate surface area is 111 Å². The second-order valence-corrected chi connectivity index (χ2v) is 4.55. The topological polar surface area (TPSA) is 40.5 Å². The SMILES string of the molecule is C=C1C(=O)c2ccccc2N1Cc1cccc(O)c1. The number of phenolic OH excluding ortho intramolecular Hbond substituents is 1. The van der Waals surface area contributed by atoms with E-state index in [1.807, 2.05) is 35.2 Å². The van der Waals surface area contributed by atoms with Gasteiger partial charge in [-0.1, -0.05) is 30.8 Å². The van der Waals surface area contributed by atoms with Gasteiger partial charge in [0.15, 0.2) is 0 Å². The molecule has 1 heterocycles. The fraction of sp³-hybridized carbons (Fsp3) is 0.0625. The van der Waals surface area contributed by atoms with Crippen LogP contribution < -0.4 is 4.90 Å². The van der Waals surface area contributed by atoms with Crippen LogP contribution in [-0.4, -0.2) is 10.9 Å². The monoisotopic (exact) mass is 251 g/mol. The molecule has 1 aliphatic rings. The van der Waals surface area contributed by atoms with Crippen LogP contribution in [0, 0.1) is 0 Å². The highest BCUT2D eigenvalue weighted by Crippen LogP contribution is 2.34. The van der Waals surface area contributed by atoms with Gasteiger partial charge in [0, 0.05) is 12.1 Å². The van der Waals surface area contributed by atoms with Crippen LogP contribution in [0.3, 0.4) is 0 Å². The van der Waals surface area contributed by atoms with Crippen molar-refractivity contribution in [2.24, 2.45) is 0 Å². The Kier molecular flexibility index (Phi) is 2.60. The van der Waals surface area contributed by atoms with E-state index in [4.69, 9.17) is 0 Å². The Morgan fingerprint density at radius 3 is 2.68 bits per heavy atom. The minimum atomic E-state index is -0.0317. The summed E-state index contributed by atoms with van der Waals surface area (Å²) in [6.07, 6.45) is 0. The van der Waals surface area contributed by atoms with Crippen LogP contribution in [0.4, 0.5) is 5.69 Å². The van der Waals surface area contributed by atoms with Gasteiger partial charge in [-0.05, 0) is 29.8 Å². The van der Waals surface area contributed by atoms with Crippen molar-refractivity contribution in [3.63, 3.8) is 0 Å². The second-order valence-electron chi connectivity index (χ2n) is 4.55.